The van der Waals surface area contributed by atoms with Gasteiger partial charge in [0.05, 0.1) is 16.6 Å². The number of aromatic nitrogens is 2. The molecule has 0 fully saturated rings. The van der Waals surface area contributed by atoms with Gasteiger partial charge in [0.1, 0.15) is 4.83 Å². The molecular weight excluding hydrogens is 582 g/mol. The first kappa shape index (κ1) is 27.1. The number of hydrogen-bond acceptors (Lipinski definition) is 3. The first-order valence-corrected chi connectivity index (χ1v) is 13.9. The Morgan fingerprint density at radius 2 is 1.14 bits per heavy atom. The Labute approximate surface area is 244 Å². The zero-order valence-corrected chi connectivity index (χ0v) is 22.8. The van der Waals surface area contributed by atoms with Crippen LogP contribution in [-0.4, -0.2) is 9.97 Å². The van der Waals surface area contributed by atoms with Crippen LogP contribution in [0, 0.1) is 0 Å². The van der Waals surface area contributed by atoms with Crippen LogP contribution in [0.15, 0.2) is 109 Å². The summed E-state index contributed by atoms with van der Waals surface area (Å²) in [5, 5.41) is 2.99. The van der Waals surface area contributed by atoms with Crippen molar-refractivity contribution >= 4 is 42.5 Å². The monoisotopic (exact) mass is 600 g/mol. The van der Waals surface area contributed by atoms with E-state index in [2.05, 4.69) is 34.2 Å². The fraction of sp³-hybridized carbons (Fsp3) is 0.0588. The van der Waals surface area contributed by atoms with Gasteiger partial charge in [0.25, 0.3) is 0 Å². The molecule has 0 saturated heterocycles. The molecule has 0 saturated carbocycles. The molecule has 0 unspecified atom stereocenters. The highest BCUT2D eigenvalue weighted by molar-refractivity contribution is 7.25. The molecule has 3 heterocycles. The molecule has 3 aromatic heterocycles. The van der Waals surface area contributed by atoms with Gasteiger partial charge < -0.3 is 0 Å². The van der Waals surface area contributed by atoms with Crippen molar-refractivity contribution in [1.82, 2.24) is 9.97 Å². The summed E-state index contributed by atoms with van der Waals surface area (Å²) in [6, 6.07) is 26.5. The van der Waals surface area contributed by atoms with E-state index in [4.69, 9.17) is 0 Å². The summed E-state index contributed by atoms with van der Waals surface area (Å²) in [5.41, 5.74) is 1.64. The molecule has 0 radical (unpaired) electrons. The molecule has 0 bridgehead atoms. The summed E-state index contributed by atoms with van der Waals surface area (Å²) in [6.45, 7) is 0. The molecule has 0 aliphatic rings. The lowest BCUT2D eigenvalue weighted by Crippen LogP contribution is -2.11. The second-order valence-electron chi connectivity index (χ2n) is 10.2. The molecule has 43 heavy (non-hydrogen) atoms. The van der Waals surface area contributed by atoms with Crippen molar-refractivity contribution in [2.75, 3.05) is 0 Å². The predicted molar refractivity (Wildman–Crippen MR) is 159 cm³/mol. The quantitative estimate of drug-likeness (QED) is 0.189. The van der Waals surface area contributed by atoms with Gasteiger partial charge in [0.15, 0.2) is 0 Å². The van der Waals surface area contributed by atoms with Crippen molar-refractivity contribution in [1.29, 1.82) is 0 Å². The van der Waals surface area contributed by atoms with Gasteiger partial charge >= 0.3 is 12.4 Å². The van der Waals surface area contributed by atoms with Crippen LogP contribution in [0.1, 0.15) is 11.1 Å². The van der Waals surface area contributed by atoms with E-state index in [1.165, 1.54) is 16.8 Å². The van der Waals surface area contributed by atoms with E-state index in [0.29, 0.717) is 10.9 Å². The van der Waals surface area contributed by atoms with Crippen LogP contribution in [0.25, 0.3) is 64.6 Å². The fourth-order valence-corrected chi connectivity index (χ4v) is 6.25. The van der Waals surface area contributed by atoms with Crippen molar-refractivity contribution in [2.24, 2.45) is 0 Å². The molecule has 0 spiro atoms. The average Bonchev–Trinajstić information content (AvgIpc) is 3.37. The van der Waals surface area contributed by atoms with Gasteiger partial charge in [-0.25, -0.2) is 4.98 Å². The Kier molecular flexibility index (Phi) is 6.25. The van der Waals surface area contributed by atoms with Crippen molar-refractivity contribution in [3.8, 4) is 33.4 Å². The van der Waals surface area contributed by atoms with Crippen LogP contribution >= 0.6 is 11.3 Å². The van der Waals surface area contributed by atoms with Gasteiger partial charge in [-0.2, -0.15) is 26.3 Å². The maximum atomic E-state index is 13.4. The minimum atomic E-state index is -4.92. The third-order valence-corrected chi connectivity index (χ3v) is 8.50. The van der Waals surface area contributed by atoms with Gasteiger partial charge in [-0.05, 0) is 82.4 Å². The maximum Gasteiger partial charge on any atom is 0.416 e. The molecular formula is C34H18F6N2S. The minimum absolute atomic E-state index is 0.125. The second-order valence-corrected chi connectivity index (χ2v) is 11.2. The highest BCUT2D eigenvalue weighted by Crippen LogP contribution is 2.40. The number of hydrogen-bond donors (Lipinski definition) is 0. The zero-order valence-electron chi connectivity index (χ0n) is 22.0. The van der Waals surface area contributed by atoms with Gasteiger partial charge in [-0.1, -0.05) is 42.5 Å². The lowest BCUT2D eigenvalue weighted by molar-refractivity contribution is -0.143. The Morgan fingerprint density at radius 3 is 1.84 bits per heavy atom. The first-order chi connectivity index (χ1) is 20.5. The lowest BCUT2D eigenvalue weighted by Gasteiger charge is -2.14. The Hall–Kier alpha value is -4.76. The maximum absolute atomic E-state index is 13.4. The smallest absolute Gasteiger partial charge is 0.256 e. The zero-order chi connectivity index (χ0) is 29.9. The minimum Gasteiger partial charge on any atom is -0.256 e. The Morgan fingerprint density at radius 1 is 0.512 bits per heavy atom. The molecule has 0 N–H and O–H groups in total. The Bertz CT molecular complexity index is 2130. The third kappa shape index (κ3) is 5.10. The number of fused-ring (bicyclic) bond motifs is 4. The molecule has 2 nitrogen and oxygen atoms in total. The van der Waals surface area contributed by atoms with Crippen LogP contribution in [0.5, 0.6) is 0 Å². The highest BCUT2D eigenvalue weighted by atomic mass is 32.1. The third-order valence-electron chi connectivity index (χ3n) is 7.40. The number of halogens is 6. The number of thiophene rings is 1. The van der Waals surface area contributed by atoms with E-state index in [1.807, 2.05) is 36.4 Å². The van der Waals surface area contributed by atoms with Crippen LogP contribution in [0.4, 0.5) is 26.3 Å². The first-order valence-electron chi connectivity index (χ1n) is 13.1. The van der Waals surface area contributed by atoms with Gasteiger partial charge in [0, 0.05) is 38.8 Å². The summed E-state index contributed by atoms with van der Waals surface area (Å²) < 4.78 is 81.3. The van der Waals surface area contributed by atoms with Crippen LogP contribution < -0.4 is 0 Å². The van der Waals surface area contributed by atoms with Gasteiger partial charge in [0.2, 0.25) is 0 Å². The Balaban J connectivity index is 1.20. The van der Waals surface area contributed by atoms with E-state index < -0.39 is 23.5 Å². The standard InChI is InChI=1S/C34H18F6N2S/c35-33(36,37)26-13-24(14-27(17-26)34(38,39)40)22-7-8-23-12-25(18-42-30(23)16-22)20-5-3-19(4-6-20)21-9-10-31-29(15-21)28-2-1-11-41-32(28)43-31/h1-18H. The van der Waals surface area contributed by atoms with E-state index in [1.54, 1.807) is 29.8 Å². The summed E-state index contributed by atoms with van der Waals surface area (Å²) in [5.74, 6) is 0. The molecule has 0 aliphatic heterocycles. The van der Waals surface area contributed by atoms with E-state index in [0.717, 1.165) is 50.0 Å². The number of nitrogens with zero attached hydrogens (tertiary/aromatic N) is 2. The predicted octanol–water partition coefficient (Wildman–Crippen LogP) is 11.0. The van der Waals surface area contributed by atoms with E-state index in [-0.39, 0.29) is 17.2 Å². The van der Waals surface area contributed by atoms with Crippen LogP contribution in [0.3, 0.4) is 0 Å². The average molecular weight is 601 g/mol. The SMILES string of the molecule is FC(F)(F)c1cc(-c2ccc3cc(-c4ccc(-c5ccc6sc7ncccc7c6c5)cc4)cnc3c2)cc(C(F)(F)F)c1. The number of benzene rings is 4. The van der Waals surface area contributed by atoms with Gasteiger partial charge in [-0.15, -0.1) is 11.3 Å². The summed E-state index contributed by atoms with van der Waals surface area (Å²) in [6.07, 6.45) is -6.40. The van der Waals surface area contributed by atoms with Gasteiger partial charge in [-0.3, -0.25) is 4.98 Å². The molecule has 4 aromatic carbocycles. The topological polar surface area (TPSA) is 25.8 Å². The molecule has 0 aliphatic carbocycles. The normalized spacial score (nSPS) is 12.4. The molecule has 9 heteroatoms. The summed E-state index contributed by atoms with van der Waals surface area (Å²) in [7, 11) is 0. The molecule has 0 amide bonds. The van der Waals surface area contributed by atoms with E-state index in [9.17, 15) is 26.3 Å². The summed E-state index contributed by atoms with van der Waals surface area (Å²) >= 11 is 1.66. The van der Waals surface area contributed by atoms with Crippen molar-refractivity contribution < 1.29 is 26.3 Å². The number of pyridine rings is 2. The lowest BCUT2D eigenvalue weighted by atomic mass is 9.97. The summed E-state index contributed by atoms with van der Waals surface area (Å²) in [4.78, 5) is 9.94. The second kappa shape index (κ2) is 9.91. The molecule has 7 rings (SSSR count). The number of alkyl halides is 6. The van der Waals surface area contributed by atoms with Crippen molar-refractivity contribution in [2.45, 2.75) is 12.4 Å². The molecule has 7 aromatic rings. The number of rotatable bonds is 3. The fourth-order valence-electron chi connectivity index (χ4n) is 5.23. The van der Waals surface area contributed by atoms with Crippen LogP contribution in [0.2, 0.25) is 0 Å². The van der Waals surface area contributed by atoms with Crippen molar-refractivity contribution in [3.63, 3.8) is 0 Å². The van der Waals surface area contributed by atoms with Crippen molar-refractivity contribution in [3.05, 3.63) is 121 Å². The largest absolute Gasteiger partial charge is 0.416 e. The van der Waals surface area contributed by atoms with Crippen LogP contribution in [-0.2, 0) is 12.4 Å². The molecule has 212 valence electrons. The highest BCUT2D eigenvalue weighted by Gasteiger charge is 2.37. The molecule has 0 atom stereocenters. The van der Waals surface area contributed by atoms with E-state index >= 15 is 0 Å².